The first-order valence-corrected chi connectivity index (χ1v) is 10.6. The first-order valence-electron chi connectivity index (χ1n) is 10.6. The average Bonchev–Trinajstić information content (AvgIpc) is 2.69. The number of hydrogen-bond acceptors (Lipinski definition) is 3. The van der Waals surface area contributed by atoms with Crippen LogP contribution in [0.25, 0.3) is 0 Å². The SMILES string of the molecule is CCC(C)NC(=O)CCNC(=NC)NC1CCN(Cc2ccccc2)C(C)C1. The van der Waals surface area contributed by atoms with Gasteiger partial charge in [-0.25, -0.2) is 0 Å². The number of aliphatic imine (C=N–C) groups is 1. The third kappa shape index (κ3) is 7.50. The van der Waals surface area contributed by atoms with Crippen molar-refractivity contribution in [3.05, 3.63) is 35.9 Å². The summed E-state index contributed by atoms with van der Waals surface area (Å²) < 4.78 is 0. The van der Waals surface area contributed by atoms with Gasteiger partial charge in [-0.15, -0.1) is 0 Å². The van der Waals surface area contributed by atoms with Crippen LogP contribution in [0.1, 0.15) is 52.0 Å². The van der Waals surface area contributed by atoms with Gasteiger partial charge in [0.05, 0.1) is 0 Å². The molecular formula is C22H37N5O. The van der Waals surface area contributed by atoms with Crippen molar-refractivity contribution >= 4 is 11.9 Å². The maximum absolute atomic E-state index is 11.9. The summed E-state index contributed by atoms with van der Waals surface area (Å²) in [7, 11) is 1.78. The Kier molecular flexibility index (Phi) is 9.28. The predicted octanol–water partition coefficient (Wildman–Crippen LogP) is 2.51. The molecule has 1 amide bonds. The van der Waals surface area contributed by atoms with E-state index in [2.05, 4.69) is 70.0 Å². The van der Waals surface area contributed by atoms with Gasteiger partial charge in [0.1, 0.15) is 0 Å². The van der Waals surface area contributed by atoms with Crippen LogP contribution in [0.2, 0.25) is 0 Å². The summed E-state index contributed by atoms with van der Waals surface area (Å²) in [6, 6.07) is 11.8. The quantitative estimate of drug-likeness (QED) is 0.474. The molecule has 0 saturated carbocycles. The highest BCUT2D eigenvalue weighted by molar-refractivity contribution is 5.81. The second-order valence-corrected chi connectivity index (χ2v) is 7.80. The maximum Gasteiger partial charge on any atom is 0.221 e. The summed E-state index contributed by atoms with van der Waals surface area (Å²) in [4.78, 5) is 18.7. The molecule has 1 aromatic rings. The molecule has 0 aromatic heterocycles. The van der Waals surface area contributed by atoms with E-state index in [0.717, 1.165) is 38.3 Å². The molecule has 2 rings (SSSR count). The smallest absolute Gasteiger partial charge is 0.221 e. The summed E-state index contributed by atoms with van der Waals surface area (Å²) in [5, 5.41) is 9.78. The van der Waals surface area contributed by atoms with Crippen LogP contribution in [0.15, 0.2) is 35.3 Å². The van der Waals surface area contributed by atoms with Crippen molar-refractivity contribution in [2.75, 3.05) is 20.1 Å². The molecule has 3 N–H and O–H groups in total. The maximum atomic E-state index is 11.9. The highest BCUT2D eigenvalue weighted by Crippen LogP contribution is 2.19. The van der Waals surface area contributed by atoms with Crippen molar-refractivity contribution in [3.63, 3.8) is 0 Å². The topological polar surface area (TPSA) is 68.8 Å². The van der Waals surface area contributed by atoms with Crippen molar-refractivity contribution < 1.29 is 4.79 Å². The molecule has 28 heavy (non-hydrogen) atoms. The Balaban J connectivity index is 1.71. The number of amides is 1. The number of carbonyl (C=O) groups is 1. The van der Waals surface area contributed by atoms with Gasteiger partial charge in [0.25, 0.3) is 0 Å². The molecule has 0 spiro atoms. The minimum atomic E-state index is 0.0835. The summed E-state index contributed by atoms with van der Waals surface area (Å²) >= 11 is 0. The average molecular weight is 388 g/mol. The predicted molar refractivity (Wildman–Crippen MR) is 116 cm³/mol. The fourth-order valence-corrected chi connectivity index (χ4v) is 3.54. The molecule has 1 fully saturated rings. The normalized spacial score (nSPS) is 21.8. The van der Waals surface area contributed by atoms with Gasteiger partial charge in [-0.1, -0.05) is 37.3 Å². The van der Waals surface area contributed by atoms with Crippen molar-refractivity contribution in [1.29, 1.82) is 0 Å². The number of carbonyl (C=O) groups excluding carboxylic acids is 1. The molecule has 156 valence electrons. The van der Waals surface area contributed by atoms with Gasteiger partial charge in [-0.05, 0) is 38.7 Å². The Morgan fingerprint density at radius 3 is 2.71 bits per heavy atom. The standard InChI is InChI=1S/C22H37N5O/c1-5-17(2)25-21(28)11-13-24-22(23-4)26-20-12-14-27(18(3)15-20)16-19-9-7-6-8-10-19/h6-10,17-18,20H,5,11-16H2,1-4H3,(H,25,28)(H2,23,24,26). The van der Waals surface area contributed by atoms with E-state index in [-0.39, 0.29) is 11.9 Å². The molecule has 6 heteroatoms. The van der Waals surface area contributed by atoms with Crippen molar-refractivity contribution in [1.82, 2.24) is 20.9 Å². The Morgan fingerprint density at radius 2 is 2.07 bits per heavy atom. The van der Waals surface area contributed by atoms with Gasteiger partial charge in [0, 0.05) is 51.2 Å². The second kappa shape index (κ2) is 11.7. The Labute approximate surface area is 170 Å². The van der Waals surface area contributed by atoms with Crippen LogP contribution in [0.5, 0.6) is 0 Å². The van der Waals surface area contributed by atoms with Crippen LogP contribution in [-0.4, -0.2) is 55.0 Å². The first kappa shape index (κ1) is 22.2. The fourth-order valence-electron chi connectivity index (χ4n) is 3.54. The molecule has 1 aromatic carbocycles. The lowest BCUT2D eigenvalue weighted by Crippen LogP contribution is -2.51. The van der Waals surface area contributed by atoms with Crippen LogP contribution in [0.4, 0.5) is 0 Å². The molecule has 1 aliphatic rings. The number of benzene rings is 1. The second-order valence-electron chi connectivity index (χ2n) is 7.80. The Morgan fingerprint density at radius 1 is 1.32 bits per heavy atom. The van der Waals surface area contributed by atoms with E-state index in [9.17, 15) is 4.79 Å². The third-order valence-corrected chi connectivity index (χ3v) is 5.47. The lowest BCUT2D eigenvalue weighted by molar-refractivity contribution is -0.121. The van der Waals surface area contributed by atoms with Crippen LogP contribution in [0, 0.1) is 0 Å². The number of nitrogens with one attached hydrogen (secondary N) is 3. The van der Waals surface area contributed by atoms with Crippen molar-refractivity contribution in [3.8, 4) is 0 Å². The van der Waals surface area contributed by atoms with Gasteiger partial charge in [0.2, 0.25) is 5.91 Å². The summed E-state index contributed by atoms with van der Waals surface area (Å²) in [5.41, 5.74) is 1.37. The largest absolute Gasteiger partial charge is 0.356 e. The summed E-state index contributed by atoms with van der Waals surface area (Å²) in [6.45, 7) is 9.06. The van der Waals surface area contributed by atoms with Crippen LogP contribution >= 0.6 is 0 Å². The molecule has 3 unspecified atom stereocenters. The molecule has 1 heterocycles. The van der Waals surface area contributed by atoms with Gasteiger partial charge >= 0.3 is 0 Å². The van der Waals surface area contributed by atoms with Crippen LogP contribution < -0.4 is 16.0 Å². The zero-order chi connectivity index (χ0) is 20.4. The number of likely N-dealkylation sites (tertiary alicyclic amines) is 1. The van der Waals surface area contributed by atoms with Crippen molar-refractivity contribution in [2.45, 2.75) is 71.1 Å². The lowest BCUT2D eigenvalue weighted by Gasteiger charge is -2.38. The fraction of sp³-hybridized carbons (Fsp3) is 0.636. The molecule has 1 saturated heterocycles. The molecule has 0 aliphatic carbocycles. The van der Waals surface area contributed by atoms with E-state index in [4.69, 9.17) is 0 Å². The first-order chi connectivity index (χ1) is 13.5. The number of rotatable bonds is 8. The highest BCUT2D eigenvalue weighted by Gasteiger charge is 2.25. The highest BCUT2D eigenvalue weighted by atomic mass is 16.1. The number of piperidine rings is 1. The van der Waals surface area contributed by atoms with Crippen LogP contribution in [-0.2, 0) is 11.3 Å². The van der Waals surface area contributed by atoms with Gasteiger partial charge < -0.3 is 16.0 Å². The van der Waals surface area contributed by atoms with E-state index < -0.39 is 0 Å². The molecule has 6 nitrogen and oxygen atoms in total. The van der Waals surface area contributed by atoms with E-state index in [1.807, 2.05) is 6.92 Å². The third-order valence-electron chi connectivity index (χ3n) is 5.47. The van der Waals surface area contributed by atoms with E-state index in [1.54, 1.807) is 7.05 Å². The monoisotopic (exact) mass is 387 g/mol. The number of hydrogen-bond donors (Lipinski definition) is 3. The van der Waals surface area contributed by atoms with E-state index in [0.29, 0.717) is 25.0 Å². The number of guanidine groups is 1. The molecule has 0 bridgehead atoms. The van der Waals surface area contributed by atoms with Gasteiger partial charge in [-0.3, -0.25) is 14.7 Å². The Bertz CT molecular complexity index is 619. The zero-order valence-corrected chi connectivity index (χ0v) is 17.9. The molecule has 1 aliphatic heterocycles. The van der Waals surface area contributed by atoms with Crippen LogP contribution in [0.3, 0.4) is 0 Å². The summed E-state index contributed by atoms with van der Waals surface area (Å²) in [5.74, 6) is 0.866. The zero-order valence-electron chi connectivity index (χ0n) is 17.9. The minimum absolute atomic E-state index is 0.0835. The van der Waals surface area contributed by atoms with Crippen molar-refractivity contribution in [2.24, 2.45) is 4.99 Å². The van der Waals surface area contributed by atoms with E-state index in [1.165, 1.54) is 5.56 Å². The van der Waals surface area contributed by atoms with Gasteiger partial charge in [0.15, 0.2) is 5.96 Å². The molecule has 3 atom stereocenters. The summed E-state index contributed by atoms with van der Waals surface area (Å²) in [6.07, 6.45) is 3.58. The lowest BCUT2D eigenvalue weighted by atomic mass is 9.97. The van der Waals surface area contributed by atoms with E-state index >= 15 is 0 Å². The molecular weight excluding hydrogens is 350 g/mol. The minimum Gasteiger partial charge on any atom is -0.356 e. The number of nitrogens with zero attached hydrogens (tertiary/aromatic N) is 2. The van der Waals surface area contributed by atoms with Gasteiger partial charge in [-0.2, -0.15) is 0 Å². The molecule has 0 radical (unpaired) electrons. The Hall–Kier alpha value is -2.08.